The van der Waals surface area contributed by atoms with Gasteiger partial charge in [-0.2, -0.15) is 0 Å². The number of hydrogen-bond acceptors (Lipinski definition) is 0. The highest BCUT2D eigenvalue weighted by molar-refractivity contribution is 7.72. The van der Waals surface area contributed by atoms with Crippen molar-refractivity contribution in [2.75, 3.05) is 0 Å². The van der Waals surface area contributed by atoms with Crippen molar-refractivity contribution < 1.29 is 0 Å². The maximum atomic E-state index is 2.57. The van der Waals surface area contributed by atoms with Gasteiger partial charge in [0.15, 0.2) is 0 Å². The predicted molar refractivity (Wildman–Crippen MR) is 200 cm³/mol. The zero-order chi connectivity index (χ0) is 31.5. The molecule has 44 heavy (non-hydrogen) atoms. The summed E-state index contributed by atoms with van der Waals surface area (Å²) < 4.78 is 0. The third-order valence-corrected chi connectivity index (χ3v) is 15.3. The highest BCUT2D eigenvalue weighted by atomic mass is 31.1. The van der Waals surface area contributed by atoms with Crippen molar-refractivity contribution in [3.05, 3.63) is 144 Å². The van der Waals surface area contributed by atoms with Crippen LogP contribution in [0.2, 0.25) is 0 Å². The van der Waals surface area contributed by atoms with Crippen LogP contribution in [0, 0.1) is 13.8 Å². The van der Waals surface area contributed by atoms with Crippen molar-refractivity contribution in [3.63, 3.8) is 0 Å². The number of rotatable bonds is 8. The van der Waals surface area contributed by atoms with Crippen LogP contribution < -0.4 is 10.6 Å². The van der Waals surface area contributed by atoms with Crippen LogP contribution in [0.15, 0.2) is 121 Å². The standard InChI is InChI=1S/C42H48P2/c1-31-19-15-17-25-39(31)43(40-26-18-16-20-32(40)2)29-35-27-37(33-21-11-9-12-22-33)38(34-23-13-10-14-24-34)28-36(35)30-44(41(3,4)5)42(6,7)8/h9-28H,29-30H2,1-8H3. The van der Waals surface area contributed by atoms with Gasteiger partial charge in [-0.3, -0.25) is 0 Å². The fourth-order valence-corrected chi connectivity index (χ4v) is 12.9. The molecule has 0 aliphatic carbocycles. The molecule has 0 unspecified atom stereocenters. The maximum absolute atomic E-state index is 2.57. The molecule has 0 aromatic heterocycles. The SMILES string of the molecule is Cc1ccccc1P(Cc1cc(-c2ccccc2)c(-c2ccccc2)cc1CP(C(C)(C)C)C(C)(C)C)c1ccccc1C. The first kappa shape index (κ1) is 32.4. The fraction of sp³-hybridized carbons (Fsp3) is 0.286. The van der Waals surface area contributed by atoms with Gasteiger partial charge in [-0.1, -0.05) is 159 Å². The Hall–Kier alpha value is -3.04. The van der Waals surface area contributed by atoms with Gasteiger partial charge >= 0.3 is 0 Å². The van der Waals surface area contributed by atoms with Gasteiger partial charge in [0, 0.05) is 6.16 Å². The molecule has 0 nitrogen and oxygen atoms in total. The van der Waals surface area contributed by atoms with E-state index in [1.807, 2.05) is 0 Å². The number of aryl methyl sites for hydroxylation is 2. The Labute approximate surface area is 269 Å². The lowest BCUT2D eigenvalue weighted by Gasteiger charge is -2.42. The van der Waals surface area contributed by atoms with Crippen molar-refractivity contribution >= 4 is 26.5 Å². The molecule has 0 bridgehead atoms. The molecule has 0 amide bonds. The Morgan fingerprint density at radius 2 is 0.818 bits per heavy atom. The van der Waals surface area contributed by atoms with Crippen molar-refractivity contribution in [3.8, 4) is 22.3 Å². The quantitative estimate of drug-likeness (QED) is 0.153. The molecular weight excluding hydrogens is 566 g/mol. The zero-order valence-corrected chi connectivity index (χ0v) is 29.6. The third kappa shape index (κ3) is 7.42. The average Bonchev–Trinajstić information content (AvgIpc) is 2.99. The molecule has 0 radical (unpaired) electrons. The Balaban J connectivity index is 1.78. The van der Waals surface area contributed by atoms with Gasteiger partial charge in [0.1, 0.15) is 0 Å². The van der Waals surface area contributed by atoms with E-state index in [0.29, 0.717) is 0 Å². The average molecular weight is 615 g/mol. The molecule has 0 atom stereocenters. The summed E-state index contributed by atoms with van der Waals surface area (Å²) >= 11 is 0. The highest BCUT2D eigenvalue weighted by Gasteiger charge is 2.35. The first-order chi connectivity index (χ1) is 20.9. The van der Waals surface area contributed by atoms with Crippen LogP contribution in [0.3, 0.4) is 0 Å². The summed E-state index contributed by atoms with van der Waals surface area (Å²) in [5.41, 5.74) is 11.0. The second kappa shape index (κ2) is 13.5. The van der Waals surface area contributed by atoms with Crippen molar-refractivity contribution in [1.29, 1.82) is 0 Å². The summed E-state index contributed by atoms with van der Waals surface area (Å²) in [6.45, 7) is 19.3. The molecule has 5 aromatic rings. The van der Waals surface area contributed by atoms with Crippen LogP contribution in [0.25, 0.3) is 22.3 Å². The van der Waals surface area contributed by atoms with Crippen LogP contribution in [-0.2, 0) is 12.3 Å². The van der Waals surface area contributed by atoms with Crippen molar-refractivity contribution in [1.82, 2.24) is 0 Å². The van der Waals surface area contributed by atoms with E-state index in [9.17, 15) is 0 Å². The van der Waals surface area contributed by atoms with Crippen LogP contribution in [0.5, 0.6) is 0 Å². The molecule has 226 valence electrons. The van der Waals surface area contributed by atoms with Crippen LogP contribution in [0.4, 0.5) is 0 Å². The van der Waals surface area contributed by atoms with Gasteiger partial charge in [-0.25, -0.2) is 0 Å². The lowest BCUT2D eigenvalue weighted by molar-refractivity contribution is 0.702. The van der Waals surface area contributed by atoms with E-state index in [2.05, 4.69) is 177 Å². The van der Waals surface area contributed by atoms with E-state index in [1.165, 1.54) is 55.1 Å². The molecule has 0 aliphatic rings. The zero-order valence-electron chi connectivity index (χ0n) is 27.9. The molecule has 0 aliphatic heterocycles. The van der Waals surface area contributed by atoms with E-state index in [4.69, 9.17) is 0 Å². The fourth-order valence-electron chi connectivity index (χ4n) is 6.55. The summed E-state index contributed by atoms with van der Waals surface area (Å²) in [6, 6.07) is 45.3. The van der Waals surface area contributed by atoms with Gasteiger partial charge in [0.2, 0.25) is 0 Å². The molecule has 0 spiro atoms. The highest BCUT2D eigenvalue weighted by Crippen LogP contribution is 2.62. The molecule has 5 aromatic carbocycles. The first-order valence-electron chi connectivity index (χ1n) is 15.9. The second-order valence-electron chi connectivity index (χ2n) is 14.0. The first-order valence-corrected chi connectivity index (χ1v) is 18.9. The molecule has 0 fully saturated rings. The second-order valence-corrected chi connectivity index (χ2v) is 20.0. The monoisotopic (exact) mass is 614 g/mol. The lowest BCUT2D eigenvalue weighted by Crippen LogP contribution is -2.26. The van der Waals surface area contributed by atoms with E-state index in [-0.39, 0.29) is 18.2 Å². The van der Waals surface area contributed by atoms with Crippen LogP contribution >= 0.6 is 15.8 Å². The summed E-state index contributed by atoms with van der Waals surface area (Å²) in [4.78, 5) is 0. The predicted octanol–water partition coefficient (Wildman–Crippen LogP) is 11.8. The van der Waals surface area contributed by atoms with E-state index < -0.39 is 7.92 Å². The Kier molecular flexibility index (Phi) is 9.95. The van der Waals surface area contributed by atoms with Crippen molar-refractivity contribution in [2.45, 2.75) is 78.0 Å². The maximum Gasteiger partial charge on any atom is 0.00107 e. The third-order valence-electron chi connectivity index (χ3n) is 8.60. The molecule has 0 saturated heterocycles. The minimum atomic E-state index is -0.604. The van der Waals surface area contributed by atoms with Gasteiger partial charge in [0.05, 0.1) is 0 Å². The van der Waals surface area contributed by atoms with Gasteiger partial charge in [-0.15, -0.1) is 0 Å². The van der Waals surface area contributed by atoms with Gasteiger partial charge in [0.25, 0.3) is 0 Å². The molecular formula is C42H48P2. The van der Waals surface area contributed by atoms with E-state index in [0.717, 1.165) is 12.3 Å². The summed E-state index contributed by atoms with van der Waals surface area (Å²) in [5.74, 6) is 0. The van der Waals surface area contributed by atoms with E-state index in [1.54, 1.807) is 0 Å². The molecule has 2 heteroatoms. The summed E-state index contributed by atoms with van der Waals surface area (Å²) in [7, 11) is -0.923. The van der Waals surface area contributed by atoms with Crippen molar-refractivity contribution in [2.24, 2.45) is 0 Å². The molecule has 0 N–H and O–H groups in total. The van der Waals surface area contributed by atoms with Gasteiger partial charge in [-0.05, 0) is 105 Å². The number of hydrogen-bond donors (Lipinski definition) is 0. The normalized spacial score (nSPS) is 12.2. The minimum Gasteiger partial charge on any atom is -0.0911 e. The van der Waals surface area contributed by atoms with Crippen LogP contribution in [-0.4, -0.2) is 10.3 Å². The Morgan fingerprint density at radius 1 is 0.455 bits per heavy atom. The minimum absolute atomic E-state index is 0.243. The Bertz CT molecular complexity index is 1630. The van der Waals surface area contributed by atoms with E-state index >= 15 is 0 Å². The largest absolute Gasteiger partial charge is 0.0911 e. The smallest absolute Gasteiger partial charge is 0.00107 e. The van der Waals surface area contributed by atoms with Crippen LogP contribution in [0.1, 0.15) is 63.8 Å². The Morgan fingerprint density at radius 3 is 1.20 bits per heavy atom. The summed E-state index contributed by atoms with van der Waals surface area (Å²) in [5, 5.41) is 3.47. The molecule has 5 rings (SSSR count). The summed E-state index contributed by atoms with van der Waals surface area (Å²) in [6.07, 6.45) is 2.16. The lowest BCUT2D eigenvalue weighted by atomic mass is 9.91. The number of benzene rings is 5. The van der Waals surface area contributed by atoms with Gasteiger partial charge < -0.3 is 0 Å². The molecule has 0 saturated carbocycles. The molecule has 0 heterocycles. The topological polar surface area (TPSA) is 0 Å².